The lowest BCUT2D eigenvalue weighted by Gasteiger charge is -2.18. The van der Waals surface area contributed by atoms with Gasteiger partial charge in [-0.15, -0.1) is 0 Å². The zero-order valence-corrected chi connectivity index (χ0v) is 15.8. The first-order valence-electron chi connectivity index (χ1n) is 8.22. The molecule has 1 aromatic heterocycles. The molecule has 25 heavy (non-hydrogen) atoms. The van der Waals surface area contributed by atoms with Crippen molar-refractivity contribution >= 4 is 15.9 Å². The Morgan fingerprint density at radius 1 is 1.20 bits per heavy atom. The lowest BCUT2D eigenvalue weighted by molar-refractivity contribution is 0.200. The van der Waals surface area contributed by atoms with Crippen LogP contribution in [0.4, 0.5) is 0 Å². The van der Waals surface area contributed by atoms with Gasteiger partial charge in [0.15, 0.2) is 11.5 Å². The Hall–Kier alpha value is -2.26. The lowest BCUT2D eigenvalue weighted by atomic mass is 10.0. The second kappa shape index (κ2) is 7.32. The van der Waals surface area contributed by atoms with E-state index in [9.17, 15) is 10.1 Å². The maximum atomic E-state index is 12.1. The molecule has 0 amide bonds. The van der Waals surface area contributed by atoms with Crippen molar-refractivity contribution in [2.45, 2.75) is 38.7 Å². The zero-order valence-electron chi connectivity index (χ0n) is 14.2. The Balaban J connectivity index is 2.09. The predicted molar refractivity (Wildman–Crippen MR) is 99.1 cm³/mol. The highest BCUT2D eigenvalue weighted by molar-refractivity contribution is 9.10. The number of aryl methyl sites for hydroxylation is 1. The number of nitrogens with one attached hydrogen (secondary N) is 1. The van der Waals surface area contributed by atoms with Gasteiger partial charge >= 0.3 is 0 Å². The van der Waals surface area contributed by atoms with Crippen LogP contribution in [0.2, 0.25) is 0 Å². The van der Waals surface area contributed by atoms with Crippen LogP contribution in [0.3, 0.4) is 0 Å². The summed E-state index contributed by atoms with van der Waals surface area (Å²) in [6.45, 7) is 1.79. The molecule has 3 rings (SSSR count). The van der Waals surface area contributed by atoms with Crippen molar-refractivity contribution in [2.75, 3.05) is 7.11 Å². The Bertz CT molecular complexity index is 893. The second-order valence-electron chi connectivity index (χ2n) is 6.19. The number of halogens is 1. The quantitative estimate of drug-likeness (QED) is 0.826. The van der Waals surface area contributed by atoms with E-state index in [0.29, 0.717) is 22.8 Å². The number of methoxy groups -OCH3 is 1. The van der Waals surface area contributed by atoms with Gasteiger partial charge in [-0.2, -0.15) is 5.26 Å². The largest absolute Gasteiger partial charge is 0.493 e. The van der Waals surface area contributed by atoms with E-state index in [4.69, 9.17) is 9.47 Å². The average Bonchev–Trinajstić information content (AvgIpc) is 3.07. The molecule has 0 bridgehead atoms. The van der Waals surface area contributed by atoms with E-state index in [0.717, 1.165) is 22.9 Å². The minimum absolute atomic E-state index is 0.0813. The SMILES string of the molecule is COc1cc(-c2cc(C)[nH]c(=O)c2C#N)c(Br)cc1OC1CCCC1. The van der Waals surface area contributed by atoms with Gasteiger partial charge in [0.05, 0.1) is 13.2 Å². The second-order valence-corrected chi connectivity index (χ2v) is 7.04. The smallest absolute Gasteiger partial charge is 0.266 e. The maximum Gasteiger partial charge on any atom is 0.266 e. The van der Waals surface area contributed by atoms with Gasteiger partial charge in [0.1, 0.15) is 11.6 Å². The van der Waals surface area contributed by atoms with Crippen LogP contribution in [0.25, 0.3) is 11.1 Å². The van der Waals surface area contributed by atoms with E-state index < -0.39 is 5.56 Å². The fourth-order valence-corrected chi connectivity index (χ4v) is 3.73. The molecule has 1 aliphatic carbocycles. The molecule has 1 fully saturated rings. The lowest BCUT2D eigenvalue weighted by Crippen LogP contribution is -2.13. The summed E-state index contributed by atoms with van der Waals surface area (Å²) < 4.78 is 12.3. The standard InChI is InChI=1S/C19H19BrN2O3/c1-11-7-13(15(10-21)19(23)22-11)14-8-17(24-2)18(9-16(14)20)25-12-5-3-4-6-12/h7-9,12H,3-6H2,1-2H3,(H,22,23). The van der Waals surface area contributed by atoms with Gasteiger partial charge in [-0.25, -0.2) is 0 Å². The van der Waals surface area contributed by atoms with Crippen LogP contribution >= 0.6 is 15.9 Å². The van der Waals surface area contributed by atoms with Gasteiger partial charge in [0, 0.05) is 21.3 Å². The van der Waals surface area contributed by atoms with Crippen molar-refractivity contribution in [1.82, 2.24) is 4.98 Å². The number of H-pyrrole nitrogens is 1. The third kappa shape index (κ3) is 3.57. The number of ether oxygens (including phenoxy) is 2. The third-order valence-corrected chi connectivity index (χ3v) is 5.08. The fourth-order valence-electron chi connectivity index (χ4n) is 3.19. The van der Waals surface area contributed by atoms with Crippen molar-refractivity contribution in [3.63, 3.8) is 0 Å². The van der Waals surface area contributed by atoms with Gasteiger partial charge in [0.25, 0.3) is 5.56 Å². The van der Waals surface area contributed by atoms with E-state index >= 15 is 0 Å². The van der Waals surface area contributed by atoms with E-state index in [2.05, 4.69) is 20.9 Å². The van der Waals surface area contributed by atoms with Crippen molar-refractivity contribution in [3.8, 4) is 28.7 Å². The molecule has 0 unspecified atom stereocenters. The van der Waals surface area contributed by atoms with Crippen molar-refractivity contribution < 1.29 is 9.47 Å². The number of nitrogens with zero attached hydrogens (tertiary/aromatic N) is 1. The highest BCUT2D eigenvalue weighted by Crippen LogP contribution is 2.40. The van der Waals surface area contributed by atoms with E-state index in [1.54, 1.807) is 20.1 Å². The molecular weight excluding hydrogens is 384 g/mol. The number of rotatable bonds is 4. The number of aromatic nitrogens is 1. The number of pyridine rings is 1. The summed E-state index contributed by atoms with van der Waals surface area (Å²) in [6, 6.07) is 7.44. The summed E-state index contributed by atoms with van der Waals surface area (Å²) in [4.78, 5) is 14.7. The fraction of sp³-hybridized carbons (Fsp3) is 0.368. The Kier molecular flexibility index (Phi) is 5.14. The molecule has 1 N–H and O–H groups in total. The summed E-state index contributed by atoms with van der Waals surface area (Å²) in [6.07, 6.45) is 4.68. The van der Waals surface area contributed by atoms with E-state index in [-0.39, 0.29) is 11.7 Å². The monoisotopic (exact) mass is 402 g/mol. The normalized spacial score (nSPS) is 14.3. The molecule has 0 atom stereocenters. The zero-order chi connectivity index (χ0) is 18.0. The minimum atomic E-state index is -0.394. The Morgan fingerprint density at radius 2 is 1.92 bits per heavy atom. The van der Waals surface area contributed by atoms with Crippen LogP contribution in [0.15, 0.2) is 27.5 Å². The Labute approximate surface area is 154 Å². The molecule has 1 aliphatic rings. The average molecular weight is 403 g/mol. The molecule has 130 valence electrons. The first-order valence-corrected chi connectivity index (χ1v) is 9.01. The molecule has 1 heterocycles. The van der Waals surface area contributed by atoms with Crippen LogP contribution in [-0.2, 0) is 0 Å². The molecule has 2 aromatic rings. The molecule has 1 aromatic carbocycles. The number of nitriles is 1. The van der Waals surface area contributed by atoms with Gasteiger partial charge in [-0.1, -0.05) is 15.9 Å². The van der Waals surface area contributed by atoms with Crippen LogP contribution < -0.4 is 15.0 Å². The van der Waals surface area contributed by atoms with Crippen LogP contribution in [0, 0.1) is 18.3 Å². The molecule has 1 saturated carbocycles. The third-order valence-electron chi connectivity index (χ3n) is 4.42. The summed E-state index contributed by atoms with van der Waals surface area (Å²) in [5.74, 6) is 1.26. The first-order chi connectivity index (χ1) is 12.0. The van der Waals surface area contributed by atoms with E-state index in [1.807, 2.05) is 18.2 Å². The summed E-state index contributed by atoms with van der Waals surface area (Å²) in [5, 5.41) is 9.37. The van der Waals surface area contributed by atoms with E-state index in [1.165, 1.54) is 12.8 Å². The van der Waals surface area contributed by atoms with Gasteiger partial charge in [-0.3, -0.25) is 4.79 Å². The molecule has 0 spiro atoms. The summed E-state index contributed by atoms with van der Waals surface area (Å²) in [5.41, 5.74) is 1.67. The summed E-state index contributed by atoms with van der Waals surface area (Å²) in [7, 11) is 1.59. The number of benzene rings is 1. The van der Waals surface area contributed by atoms with Crippen molar-refractivity contribution in [2.24, 2.45) is 0 Å². The first kappa shape index (κ1) is 17.6. The number of aromatic amines is 1. The highest BCUT2D eigenvalue weighted by atomic mass is 79.9. The molecule has 0 radical (unpaired) electrons. The van der Waals surface area contributed by atoms with Gasteiger partial charge < -0.3 is 14.5 Å². The molecule has 5 nitrogen and oxygen atoms in total. The minimum Gasteiger partial charge on any atom is -0.493 e. The number of hydrogen-bond acceptors (Lipinski definition) is 4. The van der Waals surface area contributed by atoms with Crippen LogP contribution in [0.1, 0.15) is 36.9 Å². The molecule has 0 aliphatic heterocycles. The predicted octanol–water partition coefficient (Wildman–Crippen LogP) is 4.31. The van der Waals surface area contributed by atoms with Crippen LogP contribution in [0.5, 0.6) is 11.5 Å². The number of hydrogen-bond donors (Lipinski definition) is 1. The maximum absolute atomic E-state index is 12.1. The topological polar surface area (TPSA) is 75.1 Å². The van der Waals surface area contributed by atoms with Crippen molar-refractivity contribution in [1.29, 1.82) is 5.26 Å². The molecular formula is C19H19BrN2O3. The van der Waals surface area contributed by atoms with Gasteiger partial charge in [0.2, 0.25) is 0 Å². The molecule has 6 heteroatoms. The highest BCUT2D eigenvalue weighted by Gasteiger charge is 2.21. The Morgan fingerprint density at radius 3 is 2.56 bits per heavy atom. The molecule has 0 saturated heterocycles. The van der Waals surface area contributed by atoms with Gasteiger partial charge in [-0.05, 0) is 50.8 Å². The summed E-state index contributed by atoms with van der Waals surface area (Å²) >= 11 is 3.55. The van der Waals surface area contributed by atoms with Crippen molar-refractivity contribution in [3.05, 3.63) is 44.3 Å². The van der Waals surface area contributed by atoms with Crippen LogP contribution in [-0.4, -0.2) is 18.2 Å².